The maximum atomic E-state index is 15.1. The standard InChI is InChI=1S/C57H80N20O8/c58-22-8-7-19-44(54(84)85)74-53(83)47(28-34-31-71-41-18-6-3-14-37(34)41)77-50(80)43(21-11-25-68-57(64)65)73-52(82)46(27-33-30-70-40-17-5-2-13-36(33)40)76-49(79)42(20-10-24-67-56(62)63)72-51(81)45(26-32-29-69-39-16-4-1-12-35(32)39)75-48(78)38(59)15-9-23-66-55(60)61/h1-6,12-14,16-18,29-31,38,42-47,69-71H,7-11,15,19-28,58-59H2,(H,72,81)(H,73,82)(H,74,83)(H,75,78)(H,76,79)(H,77,80)(H,84,85)(H4,60,61,66)(H4,62,63,67)(H4,64,65,68)/t38-,42-,43-,44-,45-,46-,47-/m0/s1. The van der Waals surface area contributed by atoms with Gasteiger partial charge in [-0.05, 0) is 99.2 Å². The predicted molar refractivity (Wildman–Crippen MR) is 326 cm³/mol. The normalized spacial score (nSPS) is 13.7. The van der Waals surface area contributed by atoms with Crippen molar-refractivity contribution in [2.45, 2.75) is 119 Å². The Labute approximate surface area is 490 Å². The number of aliphatic imine (C=N–C) groups is 3. The summed E-state index contributed by atoms with van der Waals surface area (Å²) in [5.41, 5.74) is 49.6. The van der Waals surface area contributed by atoms with E-state index in [1.807, 2.05) is 66.7 Å². The van der Waals surface area contributed by atoms with E-state index < -0.39 is 83.7 Å². The number of unbranched alkanes of at least 4 members (excludes halogenated alkanes) is 1. The Balaban J connectivity index is 1.32. The zero-order valence-electron chi connectivity index (χ0n) is 47.3. The Kier molecular flexibility index (Phi) is 24.4. The largest absolute Gasteiger partial charge is 0.480 e. The molecule has 28 nitrogen and oxygen atoms in total. The van der Waals surface area contributed by atoms with Crippen LogP contribution in [0.4, 0.5) is 0 Å². The number of H-pyrrole nitrogens is 3. The number of para-hydroxylation sites is 3. The first-order valence-corrected chi connectivity index (χ1v) is 28.1. The Morgan fingerprint density at radius 2 is 0.718 bits per heavy atom. The molecule has 0 aliphatic heterocycles. The second-order valence-corrected chi connectivity index (χ2v) is 20.6. The van der Waals surface area contributed by atoms with Crippen LogP contribution in [0.15, 0.2) is 106 Å². The third-order valence-corrected chi connectivity index (χ3v) is 14.2. The summed E-state index contributed by atoms with van der Waals surface area (Å²) in [6.45, 7) is 0.613. The lowest BCUT2D eigenvalue weighted by Crippen LogP contribution is -2.60. The lowest BCUT2D eigenvalue weighted by atomic mass is 10.0. The molecule has 26 N–H and O–H groups in total. The van der Waals surface area contributed by atoms with E-state index in [1.54, 1.807) is 24.7 Å². The molecule has 3 aromatic heterocycles. The molecule has 0 spiro atoms. The molecule has 3 heterocycles. The van der Waals surface area contributed by atoms with Crippen LogP contribution >= 0.6 is 0 Å². The van der Waals surface area contributed by atoms with Crippen molar-refractivity contribution >= 4 is 92.0 Å². The number of benzene rings is 3. The van der Waals surface area contributed by atoms with Gasteiger partial charge in [-0.25, -0.2) is 4.79 Å². The van der Waals surface area contributed by atoms with Gasteiger partial charge in [-0.1, -0.05) is 54.6 Å². The van der Waals surface area contributed by atoms with Crippen molar-refractivity contribution < 1.29 is 38.7 Å². The van der Waals surface area contributed by atoms with Crippen LogP contribution in [0.25, 0.3) is 32.7 Å². The summed E-state index contributed by atoms with van der Waals surface area (Å²) in [7, 11) is 0. The van der Waals surface area contributed by atoms with Crippen molar-refractivity contribution in [1.82, 2.24) is 46.9 Å². The second kappa shape index (κ2) is 32.2. The van der Waals surface area contributed by atoms with Crippen LogP contribution in [0.2, 0.25) is 0 Å². The maximum Gasteiger partial charge on any atom is 0.326 e. The summed E-state index contributed by atoms with van der Waals surface area (Å²) in [5.74, 6) is -6.53. The quantitative estimate of drug-likeness (QED) is 0.0126. The molecule has 3 aromatic carbocycles. The Bertz CT molecular complexity index is 3320. The number of fused-ring (bicyclic) bond motifs is 3. The number of hydrogen-bond donors (Lipinski definition) is 18. The first-order valence-electron chi connectivity index (χ1n) is 28.1. The smallest absolute Gasteiger partial charge is 0.326 e. The van der Waals surface area contributed by atoms with Gasteiger partial charge in [-0.15, -0.1) is 0 Å². The monoisotopic (exact) mass is 1170 g/mol. The van der Waals surface area contributed by atoms with Crippen LogP contribution in [-0.2, 0) is 52.8 Å². The molecule has 7 atom stereocenters. The minimum atomic E-state index is -1.45. The number of amides is 6. The lowest BCUT2D eigenvalue weighted by molar-refractivity contribution is -0.142. The minimum absolute atomic E-state index is 0.0359. The summed E-state index contributed by atoms with van der Waals surface area (Å²) in [5, 5.41) is 29.0. The third kappa shape index (κ3) is 19.7. The van der Waals surface area contributed by atoms with Gasteiger partial charge in [0.25, 0.3) is 0 Å². The molecule has 0 saturated carbocycles. The fourth-order valence-corrected chi connectivity index (χ4v) is 9.77. The predicted octanol–water partition coefficient (Wildman–Crippen LogP) is -1.23. The van der Waals surface area contributed by atoms with Crippen molar-refractivity contribution in [1.29, 1.82) is 0 Å². The van der Waals surface area contributed by atoms with E-state index in [9.17, 15) is 33.9 Å². The lowest BCUT2D eigenvalue weighted by Gasteiger charge is -2.28. The van der Waals surface area contributed by atoms with Crippen LogP contribution in [0.3, 0.4) is 0 Å². The van der Waals surface area contributed by atoms with Gasteiger partial charge in [0.1, 0.15) is 36.3 Å². The number of aliphatic carboxylic acids is 1. The summed E-state index contributed by atoms with van der Waals surface area (Å²) < 4.78 is 0. The molecular weight excluding hydrogens is 1090 g/mol. The molecule has 0 bridgehead atoms. The van der Waals surface area contributed by atoms with Gasteiger partial charge in [-0.3, -0.25) is 43.7 Å². The summed E-state index contributed by atoms with van der Waals surface area (Å²) >= 11 is 0. The van der Waals surface area contributed by atoms with E-state index >= 15 is 4.79 Å². The highest BCUT2D eigenvalue weighted by Gasteiger charge is 2.35. The zero-order valence-corrected chi connectivity index (χ0v) is 47.3. The molecule has 456 valence electrons. The molecule has 0 radical (unpaired) electrons. The fourth-order valence-electron chi connectivity index (χ4n) is 9.77. The first-order chi connectivity index (χ1) is 40.8. The van der Waals surface area contributed by atoms with Gasteiger partial charge in [0.15, 0.2) is 17.9 Å². The van der Waals surface area contributed by atoms with Crippen molar-refractivity contribution in [2.75, 3.05) is 26.2 Å². The number of aromatic nitrogens is 3. The van der Waals surface area contributed by atoms with E-state index in [4.69, 9.17) is 45.9 Å². The van der Waals surface area contributed by atoms with Gasteiger partial charge >= 0.3 is 5.97 Å². The summed E-state index contributed by atoms with van der Waals surface area (Å²) in [6.07, 6.45) is 6.45. The average molecular weight is 1170 g/mol. The molecule has 0 aliphatic carbocycles. The molecule has 0 unspecified atom stereocenters. The molecule has 0 saturated heterocycles. The van der Waals surface area contributed by atoms with Crippen LogP contribution in [0.1, 0.15) is 74.5 Å². The average Bonchev–Trinajstić information content (AvgIpc) is 4.41. The number of carbonyl (C=O) groups excluding carboxylic acids is 6. The van der Waals surface area contributed by atoms with Crippen molar-refractivity contribution in [3.63, 3.8) is 0 Å². The molecule has 0 fully saturated rings. The highest BCUT2D eigenvalue weighted by molar-refractivity contribution is 5.98. The summed E-state index contributed by atoms with van der Waals surface area (Å²) in [4.78, 5) is 122. The number of aromatic amines is 3. The van der Waals surface area contributed by atoms with Crippen molar-refractivity contribution in [2.24, 2.45) is 60.8 Å². The van der Waals surface area contributed by atoms with E-state index in [0.717, 1.165) is 32.7 Å². The van der Waals surface area contributed by atoms with Crippen molar-refractivity contribution in [3.05, 3.63) is 108 Å². The topological polar surface area (TPSA) is 505 Å². The van der Waals surface area contributed by atoms with E-state index in [0.29, 0.717) is 42.5 Å². The molecule has 85 heavy (non-hydrogen) atoms. The van der Waals surface area contributed by atoms with Gasteiger partial charge in [0.2, 0.25) is 35.4 Å². The highest BCUT2D eigenvalue weighted by atomic mass is 16.4. The molecule has 0 aliphatic rings. The highest BCUT2D eigenvalue weighted by Crippen LogP contribution is 2.23. The maximum absolute atomic E-state index is 15.1. The number of carboxylic acid groups (broad SMARTS) is 1. The van der Waals surface area contributed by atoms with Crippen LogP contribution < -0.4 is 77.8 Å². The molecule has 6 amide bonds. The first kappa shape index (κ1) is 64.5. The molecule has 6 aromatic rings. The van der Waals surface area contributed by atoms with Gasteiger partial charge in [0.05, 0.1) is 6.04 Å². The second-order valence-electron chi connectivity index (χ2n) is 20.6. The Morgan fingerprint density at radius 3 is 1.07 bits per heavy atom. The number of nitrogens with one attached hydrogen (secondary N) is 9. The Hall–Kier alpha value is -9.70. The Morgan fingerprint density at radius 1 is 0.412 bits per heavy atom. The van der Waals surface area contributed by atoms with E-state index in [1.165, 1.54) is 0 Å². The van der Waals surface area contributed by atoms with Gasteiger partial charge < -0.3 is 97.8 Å². The van der Waals surface area contributed by atoms with E-state index in [-0.39, 0.29) is 95.3 Å². The number of carbonyl (C=O) groups is 7. The third-order valence-electron chi connectivity index (χ3n) is 14.2. The van der Waals surface area contributed by atoms with Crippen LogP contribution in [0, 0.1) is 0 Å². The SMILES string of the molecule is NCCCC[C@H](NC(=O)[C@H](Cc1c[nH]c2ccccc12)NC(=O)[C@H](CCCN=C(N)N)NC(=O)[C@H](Cc1c[nH]c2ccccc12)NC(=O)[C@H](CCCN=C(N)N)NC(=O)[C@H](Cc1c[nH]c2ccccc12)NC(=O)[C@@H](N)CCCN=C(N)N)C(=O)O. The number of rotatable bonds is 35. The van der Waals surface area contributed by atoms with Crippen LogP contribution in [0.5, 0.6) is 0 Å². The van der Waals surface area contributed by atoms with E-state index in [2.05, 4.69) is 61.8 Å². The van der Waals surface area contributed by atoms with Gasteiger partial charge in [-0.2, -0.15) is 0 Å². The molecule has 28 heteroatoms. The van der Waals surface area contributed by atoms with Crippen molar-refractivity contribution in [3.8, 4) is 0 Å². The number of guanidine groups is 3. The fraction of sp³-hybridized carbons (Fsp3) is 0.404. The minimum Gasteiger partial charge on any atom is -0.480 e. The van der Waals surface area contributed by atoms with Crippen LogP contribution in [-0.4, -0.2) is 148 Å². The molecule has 6 rings (SSSR count). The van der Waals surface area contributed by atoms with Gasteiger partial charge in [0, 0.05) is 90.2 Å². The zero-order chi connectivity index (χ0) is 61.4. The number of hydrogen-bond acceptors (Lipinski definition) is 12. The molecular formula is C57H80N20O8. The number of nitrogens with two attached hydrogens (primary N) is 8. The number of nitrogens with zero attached hydrogens (tertiary/aromatic N) is 3. The number of carboxylic acids is 1. The summed E-state index contributed by atoms with van der Waals surface area (Å²) in [6, 6.07) is 12.7.